The summed E-state index contributed by atoms with van der Waals surface area (Å²) in [7, 11) is 1.62. The van der Waals surface area contributed by atoms with Gasteiger partial charge in [-0.15, -0.1) is 0 Å². The molecular formula is C25H19NO4. The lowest BCUT2D eigenvalue weighted by Gasteiger charge is -2.09. The van der Waals surface area contributed by atoms with Crippen LogP contribution in [0.25, 0.3) is 33.1 Å². The quantitative estimate of drug-likeness (QED) is 0.362. The van der Waals surface area contributed by atoms with Crippen LogP contribution in [0.5, 0.6) is 5.75 Å². The Balaban J connectivity index is 1.82. The summed E-state index contributed by atoms with van der Waals surface area (Å²) < 4.78 is 17.1. The zero-order chi connectivity index (χ0) is 20.7. The largest absolute Gasteiger partial charge is 0.497 e. The Morgan fingerprint density at radius 3 is 2.37 bits per heavy atom. The molecule has 0 radical (unpaired) electrons. The highest BCUT2D eigenvalue weighted by Gasteiger charge is 2.23. The van der Waals surface area contributed by atoms with Gasteiger partial charge in [0, 0.05) is 5.69 Å². The second-order valence-electron chi connectivity index (χ2n) is 7.06. The number of anilines is 2. The molecule has 0 aliphatic rings. The number of rotatable bonds is 4. The molecule has 0 fully saturated rings. The van der Waals surface area contributed by atoms with Crippen molar-refractivity contribution in [2.24, 2.45) is 0 Å². The fourth-order valence-corrected chi connectivity index (χ4v) is 3.67. The number of fused-ring (bicyclic) bond motifs is 3. The molecule has 5 heteroatoms. The molecule has 0 saturated carbocycles. The van der Waals surface area contributed by atoms with Gasteiger partial charge < -0.3 is 18.9 Å². The smallest absolute Gasteiger partial charge is 0.348 e. The molecular weight excluding hydrogens is 378 g/mol. The van der Waals surface area contributed by atoms with Gasteiger partial charge in [0.15, 0.2) is 5.58 Å². The first kappa shape index (κ1) is 18.1. The Morgan fingerprint density at radius 2 is 1.60 bits per heavy atom. The van der Waals surface area contributed by atoms with Crippen LogP contribution in [-0.2, 0) is 0 Å². The number of aryl methyl sites for hydroxylation is 1. The molecule has 1 N–H and O–H groups in total. The van der Waals surface area contributed by atoms with E-state index in [1.807, 2.05) is 73.7 Å². The standard InChI is InChI=1S/C25H19NO4/c1-15-7-3-5-9-19(15)26-24-21(16-11-13-17(28-2)14-12-16)22-23(30-24)18-8-4-6-10-20(18)29-25(22)27/h3-14,26H,1-2H3. The number of hydrogen-bond acceptors (Lipinski definition) is 5. The Kier molecular flexibility index (Phi) is 4.29. The van der Waals surface area contributed by atoms with Crippen molar-refractivity contribution in [3.05, 3.63) is 88.8 Å². The minimum Gasteiger partial charge on any atom is -0.497 e. The number of nitrogens with one attached hydrogen (secondary N) is 1. The van der Waals surface area contributed by atoms with Gasteiger partial charge in [-0.1, -0.05) is 42.5 Å². The predicted octanol–water partition coefficient (Wildman–Crippen LogP) is 6.27. The first-order valence-electron chi connectivity index (χ1n) is 9.61. The predicted molar refractivity (Wildman–Crippen MR) is 119 cm³/mol. The van der Waals surface area contributed by atoms with Crippen LogP contribution in [0.3, 0.4) is 0 Å². The summed E-state index contributed by atoms with van der Waals surface area (Å²) in [5.74, 6) is 1.23. The van der Waals surface area contributed by atoms with Gasteiger partial charge in [0.25, 0.3) is 0 Å². The van der Waals surface area contributed by atoms with Crippen molar-refractivity contribution in [3.8, 4) is 16.9 Å². The third-order valence-electron chi connectivity index (χ3n) is 5.22. The molecule has 5 nitrogen and oxygen atoms in total. The average Bonchev–Trinajstić information content (AvgIpc) is 3.15. The Hall–Kier alpha value is -3.99. The first-order chi connectivity index (χ1) is 14.7. The van der Waals surface area contributed by atoms with E-state index in [0.29, 0.717) is 28.0 Å². The van der Waals surface area contributed by atoms with E-state index >= 15 is 0 Å². The van der Waals surface area contributed by atoms with Gasteiger partial charge in [-0.25, -0.2) is 4.79 Å². The molecule has 148 valence electrons. The third kappa shape index (κ3) is 2.92. The summed E-state index contributed by atoms with van der Waals surface area (Å²) in [5.41, 5.74) is 4.02. The van der Waals surface area contributed by atoms with E-state index in [4.69, 9.17) is 13.6 Å². The van der Waals surface area contributed by atoms with E-state index < -0.39 is 5.63 Å². The van der Waals surface area contributed by atoms with Crippen LogP contribution < -0.4 is 15.7 Å². The first-order valence-corrected chi connectivity index (χ1v) is 9.61. The molecule has 0 aliphatic carbocycles. The molecule has 2 heterocycles. The van der Waals surface area contributed by atoms with Gasteiger partial charge in [0.2, 0.25) is 5.88 Å². The van der Waals surface area contributed by atoms with Crippen molar-refractivity contribution in [3.63, 3.8) is 0 Å². The number of para-hydroxylation sites is 2. The van der Waals surface area contributed by atoms with Crippen molar-refractivity contribution >= 4 is 33.5 Å². The SMILES string of the molecule is COc1ccc(-c2c(Nc3ccccc3C)oc3c2c(=O)oc2ccccc23)cc1. The highest BCUT2D eigenvalue weighted by atomic mass is 16.5. The Labute approximate surface area is 172 Å². The maximum absolute atomic E-state index is 13.0. The van der Waals surface area contributed by atoms with E-state index in [1.54, 1.807) is 13.2 Å². The van der Waals surface area contributed by atoms with Crippen molar-refractivity contribution < 1.29 is 13.6 Å². The third-order valence-corrected chi connectivity index (χ3v) is 5.22. The number of furan rings is 1. The zero-order valence-electron chi connectivity index (χ0n) is 16.6. The van der Waals surface area contributed by atoms with E-state index in [-0.39, 0.29) is 0 Å². The monoisotopic (exact) mass is 397 g/mol. The average molecular weight is 397 g/mol. The molecule has 0 atom stereocenters. The van der Waals surface area contributed by atoms with Crippen molar-refractivity contribution in [2.75, 3.05) is 12.4 Å². The number of hydrogen-bond donors (Lipinski definition) is 1. The molecule has 0 unspecified atom stereocenters. The lowest BCUT2D eigenvalue weighted by Crippen LogP contribution is -2.00. The van der Waals surface area contributed by atoms with Crippen molar-refractivity contribution in [1.29, 1.82) is 0 Å². The molecule has 2 aromatic heterocycles. The van der Waals surface area contributed by atoms with E-state index in [9.17, 15) is 4.79 Å². The van der Waals surface area contributed by atoms with E-state index in [0.717, 1.165) is 28.0 Å². The van der Waals surface area contributed by atoms with Gasteiger partial charge in [-0.05, 0) is 48.4 Å². The van der Waals surface area contributed by atoms with Crippen LogP contribution in [0.15, 0.2) is 86.4 Å². The molecule has 0 saturated heterocycles. The second kappa shape index (κ2) is 7.12. The highest BCUT2D eigenvalue weighted by molar-refractivity contribution is 6.10. The lowest BCUT2D eigenvalue weighted by atomic mass is 10.0. The maximum atomic E-state index is 13.0. The van der Waals surface area contributed by atoms with Gasteiger partial charge >= 0.3 is 5.63 Å². The second-order valence-corrected chi connectivity index (χ2v) is 7.06. The Bertz CT molecular complexity index is 1430. The molecule has 0 amide bonds. The molecule has 5 rings (SSSR count). The summed E-state index contributed by atoms with van der Waals surface area (Å²) in [5, 5.41) is 4.53. The number of ether oxygens (including phenoxy) is 1. The molecule has 30 heavy (non-hydrogen) atoms. The van der Waals surface area contributed by atoms with Crippen molar-refractivity contribution in [2.45, 2.75) is 6.92 Å². The number of benzene rings is 3. The maximum Gasteiger partial charge on any atom is 0.348 e. The van der Waals surface area contributed by atoms with Crippen LogP contribution in [0.1, 0.15) is 5.56 Å². The minimum absolute atomic E-state index is 0.412. The lowest BCUT2D eigenvalue weighted by molar-refractivity contribution is 0.415. The molecule has 0 bridgehead atoms. The van der Waals surface area contributed by atoms with Gasteiger partial charge in [0.1, 0.15) is 16.7 Å². The number of methoxy groups -OCH3 is 1. The zero-order valence-corrected chi connectivity index (χ0v) is 16.6. The summed E-state index contributed by atoms with van der Waals surface area (Å²) in [4.78, 5) is 13.0. The van der Waals surface area contributed by atoms with E-state index in [1.165, 1.54) is 0 Å². The summed E-state index contributed by atoms with van der Waals surface area (Å²) in [6, 6.07) is 22.8. The van der Waals surface area contributed by atoms with Crippen LogP contribution in [0, 0.1) is 6.92 Å². The normalized spacial score (nSPS) is 11.1. The van der Waals surface area contributed by atoms with Crippen LogP contribution in [0.2, 0.25) is 0 Å². The summed E-state index contributed by atoms with van der Waals surface area (Å²) in [6.45, 7) is 2.02. The topological polar surface area (TPSA) is 64.6 Å². The fourth-order valence-electron chi connectivity index (χ4n) is 3.67. The van der Waals surface area contributed by atoms with Gasteiger partial charge in [-0.3, -0.25) is 0 Å². The van der Waals surface area contributed by atoms with E-state index in [2.05, 4.69) is 5.32 Å². The minimum atomic E-state index is -0.434. The molecule has 0 aliphatic heterocycles. The molecule has 3 aromatic carbocycles. The molecule has 5 aromatic rings. The van der Waals surface area contributed by atoms with Crippen LogP contribution >= 0.6 is 0 Å². The van der Waals surface area contributed by atoms with Gasteiger partial charge in [0.05, 0.1) is 18.1 Å². The van der Waals surface area contributed by atoms with Gasteiger partial charge in [-0.2, -0.15) is 0 Å². The summed E-state index contributed by atoms with van der Waals surface area (Å²) >= 11 is 0. The molecule has 0 spiro atoms. The van der Waals surface area contributed by atoms with Crippen molar-refractivity contribution in [1.82, 2.24) is 0 Å². The van der Waals surface area contributed by atoms with Crippen LogP contribution in [0.4, 0.5) is 11.6 Å². The fraction of sp³-hybridized carbons (Fsp3) is 0.0800. The Morgan fingerprint density at radius 1 is 0.867 bits per heavy atom. The highest BCUT2D eigenvalue weighted by Crippen LogP contribution is 2.41. The summed E-state index contributed by atoms with van der Waals surface area (Å²) in [6.07, 6.45) is 0. The van der Waals surface area contributed by atoms with Crippen LogP contribution in [-0.4, -0.2) is 7.11 Å².